The van der Waals surface area contributed by atoms with Crippen molar-refractivity contribution >= 4 is 34.0 Å². The van der Waals surface area contributed by atoms with E-state index in [0.29, 0.717) is 5.95 Å². The number of nitrogens with one attached hydrogen (secondary N) is 2. The lowest BCUT2D eigenvalue weighted by Gasteiger charge is -2.09. The number of hydrogen-bond donors (Lipinski definition) is 2. The number of aromatic nitrogens is 5. The summed E-state index contributed by atoms with van der Waals surface area (Å²) in [6.07, 6.45) is 5.72. The van der Waals surface area contributed by atoms with Gasteiger partial charge in [-0.3, -0.25) is 0 Å². The normalized spacial score (nSPS) is 11.2. The lowest BCUT2D eigenvalue weighted by Crippen LogP contribution is -2.02. The van der Waals surface area contributed by atoms with E-state index in [0.717, 1.165) is 39.7 Å². The Kier molecular flexibility index (Phi) is 4.37. The highest BCUT2D eigenvalue weighted by Gasteiger charge is 2.12. The molecule has 0 spiro atoms. The van der Waals surface area contributed by atoms with Crippen LogP contribution in [0, 0.1) is 13.8 Å². The Morgan fingerprint density at radius 3 is 2.69 bits per heavy atom. The zero-order valence-electron chi connectivity index (χ0n) is 16.2. The van der Waals surface area contributed by atoms with Crippen LogP contribution in [0.25, 0.3) is 21.6 Å². The third-order valence-electron chi connectivity index (χ3n) is 4.87. The molecule has 1 aromatic carbocycles. The predicted octanol–water partition coefficient (Wildman–Crippen LogP) is 5.29. The minimum Gasteiger partial charge on any atom is -0.346 e. The average molecular weight is 401 g/mol. The summed E-state index contributed by atoms with van der Waals surface area (Å²) in [7, 11) is 0. The van der Waals surface area contributed by atoms with Gasteiger partial charge in [0.2, 0.25) is 5.95 Å². The van der Waals surface area contributed by atoms with Gasteiger partial charge in [-0.2, -0.15) is 4.98 Å². The summed E-state index contributed by atoms with van der Waals surface area (Å²) in [6, 6.07) is 12.5. The smallest absolute Gasteiger partial charge is 0.229 e. The molecule has 0 aliphatic carbocycles. The molecule has 0 saturated carbocycles. The van der Waals surface area contributed by atoms with Crippen molar-refractivity contribution in [3.05, 3.63) is 77.3 Å². The molecule has 0 fully saturated rings. The SMILES string of the molecule is Cc1csc(-c2nc(Nc3ccc(Cn4ccnc4C)cc3)nc3[nH]ccc23)c1. The molecular weight excluding hydrogens is 380 g/mol. The minimum absolute atomic E-state index is 0.583. The Bertz CT molecular complexity index is 1280. The van der Waals surface area contributed by atoms with Gasteiger partial charge in [-0.1, -0.05) is 12.1 Å². The van der Waals surface area contributed by atoms with E-state index < -0.39 is 0 Å². The quantitative estimate of drug-likeness (QED) is 0.420. The standard InChI is InChI=1S/C22H20N6S/c1-14-11-19(29-13-14)20-18-7-8-24-21(18)27-22(26-20)25-17-5-3-16(4-6-17)12-28-10-9-23-15(28)2/h3-11,13H,12H2,1-2H3,(H2,24,25,26,27). The highest BCUT2D eigenvalue weighted by atomic mass is 32.1. The molecule has 7 heteroatoms. The third-order valence-corrected chi connectivity index (χ3v) is 5.92. The first-order valence-electron chi connectivity index (χ1n) is 9.40. The molecule has 0 unspecified atom stereocenters. The Morgan fingerprint density at radius 1 is 1.10 bits per heavy atom. The Balaban J connectivity index is 1.42. The molecular formula is C22H20N6S. The average Bonchev–Trinajstić information content (AvgIpc) is 3.45. The molecule has 5 rings (SSSR count). The number of aromatic amines is 1. The zero-order chi connectivity index (χ0) is 19.8. The van der Waals surface area contributed by atoms with E-state index in [1.165, 1.54) is 11.1 Å². The van der Waals surface area contributed by atoms with Crippen LogP contribution in [0.2, 0.25) is 0 Å². The topological polar surface area (TPSA) is 71.4 Å². The summed E-state index contributed by atoms with van der Waals surface area (Å²) >= 11 is 1.70. The maximum atomic E-state index is 4.80. The molecule has 4 aromatic heterocycles. The van der Waals surface area contributed by atoms with Crippen LogP contribution in [-0.4, -0.2) is 24.5 Å². The van der Waals surface area contributed by atoms with Crippen molar-refractivity contribution in [1.82, 2.24) is 24.5 Å². The van der Waals surface area contributed by atoms with Crippen LogP contribution >= 0.6 is 11.3 Å². The maximum Gasteiger partial charge on any atom is 0.229 e. The fourth-order valence-electron chi connectivity index (χ4n) is 3.33. The van der Waals surface area contributed by atoms with Crippen molar-refractivity contribution in [2.24, 2.45) is 0 Å². The molecule has 29 heavy (non-hydrogen) atoms. The molecule has 0 atom stereocenters. The number of imidazole rings is 1. The summed E-state index contributed by atoms with van der Waals surface area (Å²) in [4.78, 5) is 18.1. The van der Waals surface area contributed by atoms with Crippen LogP contribution in [-0.2, 0) is 6.54 Å². The molecule has 0 radical (unpaired) electrons. The monoisotopic (exact) mass is 400 g/mol. The van der Waals surface area contributed by atoms with Crippen LogP contribution in [0.1, 0.15) is 17.0 Å². The van der Waals surface area contributed by atoms with Crippen LogP contribution in [0.15, 0.2) is 60.4 Å². The second-order valence-corrected chi connectivity index (χ2v) is 7.96. The minimum atomic E-state index is 0.583. The molecule has 4 heterocycles. The van der Waals surface area contributed by atoms with Gasteiger partial charge in [-0.25, -0.2) is 9.97 Å². The van der Waals surface area contributed by atoms with E-state index in [9.17, 15) is 0 Å². The zero-order valence-corrected chi connectivity index (χ0v) is 17.0. The van der Waals surface area contributed by atoms with Crippen molar-refractivity contribution < 1.29 is 0 Å². The number of H-pyrrole nitrogens is 1. The van der Waals surface area contributed by atoms with Gasteiger partial charge >= 0.3 is 0 Å². The highest BCUT2D eigenvalue weighted by molar-refractivity contribution is 7.13. The lowest BCUT2D eigenvalue weighted by atomic mass is 10.2. The van der Waals surface area contributed by atoms with Crippen molar-refractivity contribution in [2.45, 2.75) is 20.4 Å². The summed E-state index contributed by atoms with van der Waals surface area (Å²) in [6.45, 7) is 4.91. The number of fused-ring (bicyclic) bond motifs is 1. The largest absolute Gasteiger partial charge is 0.346 e. The molecule has 0 aliphatic rings. The van der Waals surface area contributed by atoms with Gasteiger partial charge in [0.25, 0.3) is 0 Å². The second-order valence-electron chi connectivity index (χ2n) is 7.05. The molecule has 6 nitrogen and oxygen atoms in total. The summed E-state index contributed by atoms with van der Waals surface area (Å²) < 4.78 is 2.13. The van der Waals surface area contributed by atoms with E-state index in [4.69, 9.17) is 4.98 Å². The first-order valence-corrected chi connectivity index (χ1v) is 10.3. The van der Waals surface area contributed by atoms with Crippen LogP contribution in [0.5, 0.6) is 0 Å². The number of benzene rings is 1. The molecule has 0 aliphatic heterocycles. The van der Waals surface area contributed by atoms with Crippen molar-refractivity contribution in [3.8, 4) is 10.6 Å². The van der Waals surface area contributed by atoms with Gasteiger partial charge in [-0.15, -0.1) is 11.3 Å². The van der Waals surface area contributed by atoms with E-state index in [1.54, 1.807) is 11.3 Å². The van der Waals surface area contributed by atoms with Gasteiger partial charge in [0.1, 0.15) is 11.5 Å². The summed E-state index contributed by atoms with van der Waals surface area (Å²) in [5.74, 6) is 1.59. The number of nitrogens with zero attached hydrogens (tertiary/aromatic N) is 4. The van der Waals surface area contributed by atoms with E-state index >= 15 is 0 Å². The van der Waals surface area contributed by atoms with Gasteiger partial charge < -0.3 is 14.9 Å². The van der Waals surface area contributed by atoms with Crippen LogP contribution < -0.4 is 5.32 Å². The highest BCUT2D eigenvalue weighted by Crippen LogP contribution is 2.32. The molecule has 5 aromatic rings. The molecule has 2 N–H and O–H groups in total. The fraction of sp³-hybridized carbons (Fsp3) is 0.136. The molecule has 0 bridgehead atoms. The third kappa shape index (κ3) is 3.52. The molecule has 144 valence electrons. The van der Waals surface area contributed by atoms with Crippen LogP contribution in [0.4, 0.5) is 11.6 Å². The van der Waals surface area contributed by atoms with E-state index in [-0.39, 0.29) is 0 Å². The number of thiophene rings is 1. The molecule has 0 saturated heterocycles. The first kappa shape index (κ1) is 17.6. The second kappa shape index (κ2) is 7.18. The Labute approximate surface area is 172 Å². The summed E-state index contributed by atoms with van der Waals surface area (Å²) in [5, 5.41) is 6.52. The predicted molar refractivity (Wildman–Crippen MR) is 118 cm³/mol. The van der Waals surface area contributed by atoms with Crippen molar-refractivity contribution in [2.75, 3.05) is 5.32 Å². The Morgan fingerprint density at radius 2 is 1.97 bits per heavy atom. The van der Waals surface area contributed by atoms with Gasteiger partial charge in [0, 0.05) is 36.2 Å². The maximum absolute atomic E-state index is 4.80. The number of anilines is 2. The fourth-order valence-corrected chi connectivity index (χ4v) is 4.23. The van der Waals surface area contributed by atoms with E-state index in [1.807, 2.05) is 31.6 Å². The van der Waals surface area contributed by atoms with Gasteiger partial charge in [-0.05, 0) is 54.6 Å². The van der Waals surface area contributed by atoms with Crippen molar-refractivity contribution in [1.29, 1.82) is 0 Å². The summed E-state index contributed by atoms with van der Waals surface area (Å²) in [5.41, 5.74) is 5.19. The van der Waals surface area contributed by atoms with Gasteiger partial charge in [0.15, 0.2) is 0 Å². The van der Waals surface area contributed by atoms with Gasteiger partial charge in [0.05, 0.1) is 10.6 Å². The molecule has 0 amide bonds. The van der Waals surface area contributed by atoms with Crippen LogP contribution in [0.3, 0.4) is 0 Å². The lowest BCUT2D eigenvalue weighted by molar-refractivity contribution is 0.762. The Hall–Kier alpha value is -3.45. The first-order chi connectivity index (χ1) is 14.2. The van der Waals surface area contributed by atoms with Crippen molar-refractivity contribution in [3.63, 3.8) is 0 Å². The van der Waals surface area contributed by atoms with E-state index in [2.05, 4.69) is 67.5 Å². The number of rotatable bonds is 5. The number of hydrogen-bond acceptors (Lipinski definition) is 5. The number of aryl methyl sites for hydroxylation is 2.